The van der Waals surface area contributed by atoms with E-state index < -0.39 is 0 Å². The van der Waals surface area contributed by atoms with E-state index >= 15 is 0 Å². The number of hydrogen-bond acceptors (Lipinski definition) is 1. The van der Waals surface area contributed by atoms with E-state index in [0.29, 0.717) is 5.78 Å². The Morgan fingerprint density at radius 1 is 1.00 bits per heavy atom. The molecule has 1 aromatic carbocycles. The van der Waals surface area contributed by atoms with E-state index in [1.807, 2.05) is 30.3 Å². The predicted molar refractivity (Wildman–Crippen MR) is 66.5 cm³/mol. The van der Waals surface area contributed by atoms with Gasteiger partial charge in [-0.05, 0) is 32.1 Å². The predicted octanol–water partition coefficient (Wildman–Crippen LogP) is 4.01. The maximum absolute atomic E-state index is 12.2. The summed E-state index contributed by atoms with van der Waals surface area (Å²) in [6.45, 7) is 0. The molecule has 0 fully saturated rings. The van der Waals surface area contributed by atoms with Gasteiger partial charge in [0.05, 0.1) is 0 Å². The second kappa shape index (κ2) is 5.64. The third-order valence-corrected chi connectivity index (χ3v) is 3.20. The lowest BCUT2D eigenvalue weighted by Gasteiger charge is -2.16. The largest absolute Gasteiger partial charge is 0.294 e. The van der Waals surface area contributed by atoms with Crippen LogP contribution in [0.4, 0.5) is 0 Å². The van der Waals surface area contributed by atoms with Gasteiger partial charge >= 0.3 is 0 Å². The van der Waals surface area contributed by atoms with Gasteiger partial charge in [0.25, 0.3) is 0 Å². The van der Waals surface area contributed by atoms with Crippen LogP contribution in [-0.2, 0) is 0 Å². The van der Waals surface area contributed by atoms with Gasteiger partial charge in [0, 0.05) is 11.5 Å². The summed E-state index contributed by atoms with van der Waals surface area (Å²) >= 11 is 0. The van der Waals surface area contributed by atoms with Crippen LogP contribution in [0.2, 0.25) is 0 Å². The summed E-state index contributed by atoms with van der Waals surface area (Å²) in [5, 5.41) is 0. The quantitative estimate of drug-likeness (QED) is 0.537. The molecule has 0 bridgehead atoms. The summed E-state index contributed by atoms with van der Waals surface area (Å²) in [5.41, 5.74) is 0.872. The summed E-state index contributed by atoms with van der Waals surface area (Å²) in [6, 6.07) is 9.69. The first-order valence-corrected chi connectivity index (χ1v) is 6.12. The zero-order valence-electron chi connectivity index (χ0n) is 9.56. The van der Waals surface area contributed by atoms with E-state index in [9.17, 15) is 4.79 Å². The standard InChI is InChI=1S/C15H18O/c16-15(14-11-7-4-8-12-14)13-9-5-2-1-3-6-10-13/h1-2,4,7-8,11-13H,3,5-6,9-10H2/b2-1-. The maximum Gasteiger partial charge on any atom is 0.165 e. The zero-order chi connectivity index (χ0) is 11.2. The van der Waals surface area contributed by atoms with E-state index in [0.717, 1.165) is 37.7 Å². The molecule has 0 saturated carbocycles. The smallest absolute Gasteiger partial charge is 0.165 e. The van der Waals surface area contributed by atoms with Crippen molar-refractivity contribution in [2.24, 2.45) is 5.92 Å². The first kappa shape index (κ1) is 11.1. The summed E-state index contributed by atoms with van der Waals surface area (Å²) in [7, 11) is 0. The van der Waals surface area contributed by atoms with E-state index in [1.54, 1.807) is 0 Å². The number of hydrogen-bond donors (Lipinski definition) is 0. The molecule has 0 amide bonds. The van der Waals surface area contributed by atoms with Crippen LogP contribution in [0, 0.1) is 5.92 Å². The third kappa shape index (κ3) is 2.82. The van der Waals surface area contributed by atoms with Gasteiger partial charge in [-0.3, -0.25) is 4.79 Å². The average Bonchev–Trinajstić information content (AvgIpc) is 2.29. The van der Waals surface area contributed by atoms with Crippen molar-refractivity contribution in [3.8, 4) is 0 Å². The maximum atomic E-state index is 12.2. The van der Waals surface area contributed by atoms with Crippen molar-refractivity contribution >= 4 is 5.78 Å². The SMILES string of the molecule is O=C(c1ccccc1)C1CC/C=C\CCC1. The first-order valence-electron chi connectivity index (χ1n) is 6.12. The fourth-order valence-electron chi connectivity index (χ4n) is 2.26. The van der Waals surface area contributed by atoms with Crippen LogP contribution in [0.1, 0.15) is 42.5 Å². The lowest BCUT2D eigenvalue weighted by atomic mass is 9.87. The van der Waals surface area contributed by atoms with Crippen LogP contribution < -0.4 is 0 Å². The molecule has 0 aliphatic heterocycles. The second-order valence-electron chi connectivity index (χ2n) is 4.41. The minimum absolute atomic E-state index is 0.229. The van der Waals surface area contributed by atoms with Gasteiger partial charge in [0.1, 0.15) is 0 Å². The van der Waals surface area contributed by atoms with E-state index in [1.165, 1.54) is 0 Å². The van der Waals surface area contributed by atoms with Gasteiger partial charge in [-0.1, -0.05) is 42.5 Å². The van der Waals surface area contributed by atoms with Gasteiger partial charge in [0.2, 0.25) is 0 Å². The highest BCUT2D eigenvalue weighted by molar-refractivity contribution is 5.97. The monoisotopic (exact) mass is 214 g/mol. The van der Waals surface area contributed by atoms with Gasteiger partial charge in [-0.25, -0.2) is 0 Å². The van der Waals surface area contributed by atoms with Crippen molar-refractivity contribution in [2.45, 2.75) is 32.1 Å². The Labute approximate surface area is 97.2 Å². The van der Waals surface area contributed by atoms with Gasteiger partial charge in [-0.2, -0.15) is 0 Å². The highest BCUT2D eigenvalue weighted by Crippen LogP contribution is 2.22. The molecule has 1 aliphatic rings. The molecule has 1 nitrogen and oxygen atoms in total. The van der Waals surface area contributed by atoms with Gasteiger partial charge in [0.15, 0.2) is 5.78 Å². The first-order chi connectivity index (χ1) is 7.88. The Morgan fingerprint density at radius 3 is 2.56 bits per heavy atom. The molecule has 1 atom stereocenters. The minimum Gasteiger partial charge on any atom is -0.294 e. The number of rotatable bonds is 2. The van der Waals surface area contributed by atoms with Crippen LogP contribution in [0.5, 0.6) is 0 Å². The Balaban J connectivity index is 2.06. The number of allylic oxidation sites excluding steroid dienone is 2. The molecule has 0 heterocycles. The molecule has 0 saturated heterocycles. The van der Waals surface area contributed by atoms with Crippen molar-refractivity contribution in [2.75, 3.05) is 0 Å². The van der Waals surface area contributed by atoms with Gasteiger partial charge < -0.3 is 0 Å². The third-order valence-electron chi connectivity index (χ3n) is 3.20. The van der Waals surface area contributed by atoms with E-state index in [2.05, 4.69) is 12.2 Å². The number of carbonyl (C=O) groups excluding carboxylic acids is 1. The fraction of sp³-hybridized carbons (Fsp3) is 0.400. The lowest BCUT2D eigenvalue weighted by molar-refractivity contribution is 0.0905. The van der Waals surface area contributed by atoms with Crippen molar-refractivity contribution in [3.05, 3.63) is 48.0 Å². The molecule has 1 unspecified atom stereocenters. The Bertz CT molecular complexity index is 364. The minimum atomic E-state index is 0.229. The van der Waals surface area contributed by atoms with Crippen molar-refractivity contribution in [1.29, 1.82) is 0 Å². The summed E-state index contributed by atoms with van der Waals surface area (Å²) in [4.78, 5) is 12.2. The number of ketones is 1. The highest BCUT2D eigenvalue weighted by atomic mass is 16.1. The van der Waals surface area contributed by atoms with Crippen LogP contribution in [-0.4, -0.2) is 5.78 Å². The molecule has 1 heteroatoms. The van der Waals surface area contributed by atoms with Crippen LogP contribution in [0.3, 0.4) is 0 Å². The molecule has 0 aromatic heterocycles. The summed E-state index contributed by atoms with van der Waals surface area (Å²) < 4.78 is 0. The average molecular weight is 214 g/mol. The van der Waals surface area contributed by atoms with Crippen LogP contribution in [0.15, 0.2) is 42.5 Å². The van der Waals surface area contributed by atoms with Crippen LogP contribution >= 0.6 is 0 Å². The molecule has 2 rings (SSSR count). The Hall–Kier alpha value is -1.37. The zero-order valence-corrected chi connectivity index (χ0v) is 9.56. The number of benzene rings is 1. The van der Waals surface area contributed by atoms with Crippen molar-refractivity contribution < 1.29 is 4.79 Å². The molecule has 0 N–H and O–H groups in total. The fourth-order valence-corrected chi connectivity index (χ4v) is 2.26. The van der Waals surface area contributed by atoms with Crippen molar-refractivity contribution in [3.63, 3.8) is 0 Å². The second-order valence-corrected chi connectivity index (χ2v) is 4.41. The molecule has 1 aliphatic carbocycles. The van der Waals surface area contributed by atoms with Crippen molar-refractivity contribution in [1.82, 2.24) is 0 Å². The van der Waals surface area contributed by atoms with Gasteiger partial charge in [-0.15, -0.1) is 0 Å². The molecular formula is C15H18O. The number of carbonyl (C=O) groups is 1. The molecule has 84 valence electrons. The summed E-state index contributed by atoms with van der Waals surface area (Å²) in [6.07, 6.45) is 9.80. The Kier molecular flexibility index (Phi) is 3.92. The molecule has 0 radical (unpaired) electrons. The molecule has 0 spiro atoms. The van der Waals surface area contributed by atoms with Crippen LogP contribution in [0.25, 0.3) is 0 Å². The number of Topliss-reactive ketones (excluding diaryl/α,β-unsaturated/α-hetero) is 1. The Morgan fingerprint density at radius 2 is 1.75 bits per heavy atom. The molecular weight excluding hydrogens is 196 g/mol. The normalized spacial score (nSPS) is 23.1. The summed E-state index contributed by atoms with van der Waals surface area (Å²) in [5.74, 6) is 0.559. The molecule has 1 aromatic rings. The highest BCUT2D eigenvalue weighted by Gasteiger charge is 2.19. The lowest BCUT2D eigenvalue weighted by Crippen LogP contribution is -2.15. The van der Waals surface area contributed by atoms with E-state index in [4.69, 9.17) is 0 Å². The van der Waals surface area contributed by atoms with E-state index in [-0.39, 0.29) is 5.92 Å². The molecule has 16 heavy (non-hydrogen) atoms. The topological polar surface area (TPSA) is 17.1 Å².